The quantitative estimate of drug-likeness (QED) is 0.714. The van der Waals surface area contributed by atoms with Crippen LogP contribution < -0.4 is 10.5 Å². The summed E-state index contributed by atoms with van der Waals surface area (Å²) in [5, 5.41) is 8.92. The van der Waals surface area contributed by atoms with Crippen LogP contribution in [0.15, 0.2) is 23.1 Å². The SMILES string of the molecule is Cc1nsc(NS(=O)(=O)c2ccc(C(=O)O)cc2N)n1. The molecule has 0 atom stereocenters. The Morgan fingerprint density at radius 3 is 2.65 bits per heavy atom. The van der Waals surface area contributed by atoms with Gasteiger partial charge in [-0.2, -0.15) is 4.37 Å². The summed E-state index contributed by atoms with van der Waals surface area (Å²) in [7, 11) is -3.93. The van der Waals surface area contributed by atoms with Gasteiger partial charge in [-0.05, 0) is 25.1 Å². The van der Waals surface area contributed by atoms with Crippen LogP contribution >= 0.6 is 11.5 Å². The van der Waals surface area contributed by atoms with Crippen LogP contribution in [-0.4, -0.2) is 28.9 Å². The Morgan fingerprint density at radius 1 is 1.45 bits per heavy atom. The van der Waals surface area contributed by atoms with Gasteiger partial charge in [0, 0.05) is 11.5 Å². The second kappa shape index (κ2) is 5.06. The average molecular weight is 314 g/mol. The zero-order chi connectivity index (χ0) is 14.9. The standard InChI is InChI=1S/C10H10N4O4S2/c1-5-12-10(19-13-5)14-20(17,18)8-3-2-6(9(15)16)4-7(8)11/h2-4H,11H2,1H3,(H,15,16)(H,12,13,14). The fraction of sp³-hybridized carbons (Fsp3) is 0.100. The van der Waals surface area contributed by atoms with Crippen LogP contribution in [0.1, 0.15) is 16.2 Å². The number of nitrogens with zero attached hydrogens (tertiary/aromatic N) is 2. The van der Waals surface area contributed by atoms with Gasteiger partial charge in [0.1, 0.15) is 10.7 Å². The minimum absolute atomic E-state index is 0.0896. The summed E-state index contributed by atoms with van der Waals surface area (Å²) in [6.45, 7) is 1.63. The number of rotatable bonds is 4. The normalized spacial score (nSPS) is 11.2. The van der Waals surface area contributed by atoms with Gasteiger partial charge in [-0.1, -0.05) is 0 Å². The lowest BCUT2D eigenvalue weighted by molar-refractivity contribution is 0.0697. The number of anilines is 2. The molecule has 0 aliphatic heterocycles. The first-order valence-corrected chi connectivity index (χ1v) is 7.51. The number of nitrogen functional groups attached to an aromatic ring is 1. The van der Waals surface area contributed by atoms with Gasteiger partial charge >= 0.3 is 5.97 Å². The molecule has 1 aromatic heterocycles. The second-order valence-corrected chi connectivity index (χ2v) is 6.21. The average Bonchev–Trinajstić information content (AvgIpc) is 2.73. The predicted octanol–water partition coefficient (Wildman–Crippen LogP) is 0.928. The first kappa shape index (κ1) is 14.2. The number of benzene rings is 1. The van der Waals surface area contributed by atoms with Gasteiger partial charge in [0.05, 0.1) is 11.3 Å². The molecule has 106 valence electrons. The summed E-state index contributed by atoms with van der Waals surface area (Å²) in [6.07, 6.45) is 0. The fourth-order valence-corrected chi connectivity index (χ4v) is 3.35. The largest absolute Gasteiger partial charge is 0.478 e. The molecule has 0 aliphatic carbocycles. The first-order chi connectivity index (χ1) is 9.29. The zero-order valence-electron chi connectivity index (χ0n) is 10.2. The molecule has 1 heterocycles. The maximum absolute atomic E-state index is 12.1. The molecule has 20 heavy (non-hydrogen) atoms. The highest BCUT2D eigenvalue weighted by Crippen LogP contribution is 2.23. The van der Waals surface area contributed by atoms with Crippen LogP contribution in [0.25, 0.3) is 0 Å². The Kier molecular flexibility index (Phi) is 3.59. The Balaban J connectivity index is 2.37. The van der Waals surface area contributed by atoms with Crippen LogP contribution in [0, 0.1) is 6.92 Å². The molecule has 4 N–H and O–H groups in total. The number of carboxylic acids is 1. The van der Waals surface area contributed by atoms with Crippen molar-refractivity contribution < 1.29 is 18.3 Å². The van der Waals surface area contributed by atoms with E-state index in [2.05, 4.69) is 14.1 Å². The lowest BCUT2D eigenvalue weighted by Crippen LogP contribution is -2.15. The van der Waals surface area contributed by atoms with Gasteiger partial charge in [0.15, 0.2) is 0 Å². The summed E-state index contributed by atoms with van der Waals surface area (Å²) in [5.41, 5.74) is 5.35. The fourth-order valence-electron chi connectivity index (χ4n) is 1.43. The highest BCUT2D eigenvalue weighted by molar-refractivity contribution is 7.93. The van der Waals surface area contributed by atoms with Gasteiger partial charge in [-0.3, -0.25) is 4.72 Å². The summed E-state index contributed by atoms with van der Waals surface area (Å²) in [5.74, 6) is -0.741. The highest BCUT2D eigenvalue weighted by atomic mass is 32.2. The second-order valence-electron chi connectivity index (χ2n) is 3.81. The third-order valence-electron chi connectivity index (χ3n) is 2.30. The van der Waals surface area contributed by atoms with Crippen molar-refractivity contribution >= 4 is 38.3 Å². The van der Waals surface area contributed by atoms with Crippen LogP contribution in [0.2, 0.25) is 0 Å². The van der Waals surface area contributed by atoms with E-state index >= 15 is 0 Å². The molecule has 0 radical (unpaired) electrons. The van der Waals surface area contributed by atoms with E-state index in [1.165, 1.54) is 6.07 Å². The number of aromatic carboxylic acids is 1. The number of nitrogens with two attached hydrogens (primary N) is 1. The molecule has 8 nitrogen and oxygen atoms in total. The van der Waals surface area contributed by atoms with Crippen molar-refractivity contribution in [1.29, 1.82) is 0 Å². The van der Waals surface area contributed by atoms with Crippen LogP contribution in [-0.2, 0) is 10.0 Å². The number of carboxylic acid groups (broad SMARTS) is 1. The summed E-state index contributed by atoms with van der Waals surface area (Å²) in [4.78, 5) is 14.4. The summed E-state index contributed by atoms with van der Waals surface area (Å²) < 4.78 is 30.3. The molecule has 0 spiro atoms. The first-order valence-electron chi connectivity index (χ1n) is 5.25. The summed E-state index contributed by atoms with van der Waals surface area (Å²) in [6, 6.07) is 3.38. The smallest absolute Gasteiger partial charge is 0.335 e. The van der Waals surface area contributed by atoms with Gasteiger partial charge in [0.2, 0.25) is 5.13 Å². The van der Waals surface area contributed by atoms with E-state index in [1.54, 1.807) is 6.92 Å². The van der Waals surface area contributed by atoms with Gasteiger partial charge < -0.3 is 10.8 Å². The van der Waals surface area contributed by atoms with E-state index in [9.17, 15) is 13.2 Å². The molecule has 2 aromatic rings. The minimum atomic E-state index is -3.93. The van der Waals surface area contributed by atoms with Crippen molar-refractivity contribution in [3.8, 4) is 0 Å². The van der Waals surface area contributed by atoms with E-state index in [1.807, 2.05) is 0 Å². The third kappa shape index (κ3) is 2.86. The van der Waals surface area contributed by atoms with Crippen molar-refractivity contribution in [2.45, 2.75) is 11.8 Å². The topological polar surface area (TPSA) is 135 Å². The molecule has 2 rings (SSSR count). The van der Waals surface area contributed by atoms with Crippen molar-refractivity contribution in [1.82, 2.24) is 9.36 Å². The molecule has 0 bridgehead atoms. The molecule has 10 heteroatoms. The lowest BCUT2D eigenvalue weighted by Gasteiger charge is -2.08. The maximum Gasteiger partial charge on any atom is 0.335 e. The zero-order valence-corrected chi connectivity index (χ0v) is 11.8. The molecule has 0 fully saturated rings. The van der Waals surface area contributed by atoms with Gasteiger partial charge in [-0.15, -0.1) is 0 Å². The third-order valence-corrected chi connectivity index (χ3v) is 4.56. The molecule has 0 aliphatic rings. The van der Waals surface area contributed by atoms with Crippen molar-refractivity contribution in [3.63, 3.8) is 0 Å². The van der Waals surface area contributed by atoms with E-state index in [4.69, 9.17) is 10.8 Å². The van der Waals surface area contributed by atoms with Crippen molar-refractivity contribution in [2.24, 2.45) is 0 Å². The van der Waals surface area contributed by atoms with Crippen molar-refractivity contribution in [2.75, 3.05) is 10.5 Å². The van der Waals surface area contributed by atoms with Crippen LogP contribution in [0.3, 0.4) is 0 Å². The molecule has 0 unspecified atom stereocenters. The number of hydrogen-bond donors (Lipinski definition) is 3. The Bertz CT molecular complexity index is 769. The Hall–Kier alpha value is -2.20. The molecular weight excluding hydrogens is 304 g/mol. The molecular formula is C10H10N4O4S2. The number of aromatic nitrogens is 2. The number of aryl methyl sites for hydroxylation is 1. The Labute approximate surface area is 118 Å². The van der Waals surface area contributed by atoms with E-state index < -0.39 is 16.0 Å². The van der Waals surface area contributed by atoms with Crippen molar-refractivity contribution in [3.05, 3.63) is 29.6 Å². The number of nitrogens with one attached hydrogen (secondary N) is 1. The maximum atomic E-state index is 12.1. The van der Waals surface area contributed by atoms with Crippen LogP contribution in [0.4, 0.5) is 10.8 Å². The van der Waals surface area contributed by atoms with Crippen LogP contribution in [0.5, 0.6) is 0 Å². The molecule has 0 saturated carbocycles. The molecule has 0 saturated heterocycles. The number of hydrogen-bond acceptors (Lipinski definition) is 7. The monoisotopic (exact) mass is 314 g/mol. The van der Waals surface area contributed by atoms with E-state index in [0.29, 0.717) is 5.82 Å². The lowest BCUT2D eigenvalue weighted by atomic mass is 10.2. The molecule has 1 aromatic carbocycles. The van der Waals surface area contributed by atoms with E-state index in [0.717, 1.165) is 23.7 Å². The molecule has 0 amide bonds. The number of sulfonamides is 1. The minimum Gasteiger partial charge on any atom is -0.478 e. The highest BCUT2D eigenvalue weighted by Gasteiger charge is 2.20. The van der Waals surface area contributed by atoms with E-state index in [-0.39, 0.29) is 21.3 Å². The number of carbonyl (C=O) groups is 1. The predicted molar refractivity (Wildman–Crippen MR) is 73.3 cm³/mol. The van der Waals surface area contributed by atoms with Gasteiger partial charge in [0.25, 0.3) is 10.0 Å². The Morgan fingerprint density at radius 2 is 2.15 bits per heavy atom. The summed E-state index contributed by atoms with van der Waals surface area (Å²) >= 11 is 0.899. The van der Waals surface area contributed by atoms with Gasteiger partial charge in [-0.25, -0.2) is 18.2 Å².